The first-order valence-electron chi connectivity index (χ1n) is 24.9. The van der Waals surface area contributed by atoms with E-state index in [4.69, 9.17) is 61.3 Å². The van der Waals surface area contributed by atoms with Crippen LogP contribution in [0.5, 0.6) is 23.1 Å². The summed E-state index contributed by atoms with van der Waals surface area (Å²) in [5, 5.41) is 11.9. The average Bonchev–Trinajstić information content (AvgIpc) is 3.80. The molecule has 6 aromatic rings. The van der Waals surface area contributed by atoms with Crippen LogP contribution in [0.3, 0.4) is 0 Å². The van der Waals surface area contributed by atoms with Gasteiger partial charge in [0.05, 0.1) is 54.2 Å². The van der Waals surface area contributed by atoms with E-state index >= 15 is 4.39 Å². The molecule has 3 fully saturated rings. The van der Waals surface area contributed by atoms with E-state index in [1.165, 1.54) is 29.8 Å². The molecule has 4 aliphatic heterocycles. The summed E-state index contributed by atoms with van der Waals surface area (Å²) in [6.07, 6.45) is 2.34. The fraction of sp³-hybridized carbons (Fsp3) is 0.473. The van der Waals surface area contributed by atoms with Gasteiger partial charge in [-0.3, -0.25) is 4.90 Å². The minimum absolute atomic E-state index is 0. The SMILES string of the molecule is C.Cc1c(Cl)c2c(Cl)c(C)c1-c1c(-c3ccc(F)cc3)sc3ncnc(c13)O[C@@H](C(=O)O)Cc1cc(ccc1OCc1ccnc(C3CCC(F)(COC[C@H]4COCCO4)CC3)n1)OC[C@@H](CN1CCN(C)CC1)O2. The van der Waals surface area contributed by atoms with Crippen LogP contribution in [0.25, 0.3) is 31.8 Å². The third-order valence-electron chi connectivity index (χ3n) is 14.3. The van der Waals surface area contributed by atoms with E-state index in [0.29, 0.717) is 129 Å². The van der Waals surface area contributed by atoms with Crippen molar-refractivity contribution < 1.29 is 51.8 Å². The highest BCUT2D eigenvalue weighted by Gasteiger charge is 2.38. The monoisotopic (exact) mass is 1090 g/mol. The second kappa shape index (κ2) is 23.9. The Hall–Kier alpha value is -5.31. The summed E-state index contributed by atoms with van der Waals surface area (Å²) in [5.41, 5.74) is 2.84. The predicted octanol–water partition coefficient (Wildman–Crippen LogP) is 10.4. The number of hydrogen-bond donors (Lipinski definition) is 1. The zero-order valence-corrected chi connectivity index (χ0v) is 43.7. The molecular weight excluding hydrogens is 1030 g/mol. The number of nitrogens with zero attached hydrogens (tertiary/aromatic N) is 6. The second-order valence-electron chi connectivity index (χ2n) is 19.5. The van der Waals surface area contributed by atoms with Crippen LogP contribution in [0.15, 0.2) is 61.1 Å². The molecule has 1 N–H and O–H groups in total. The molecule has 11 rings (SSSR count). The zero-order valence-electron chi connectivity index (χ0n) is 41.4. The average molecular weight is 1090 g/mol. The number of likely N-dealkylation sites (N-methyl/N-ethyl adjacent to an activating group) is 1. The Balaban J connectivity index is 0.00000689. The maximum atomic E-state index is 15.9. The molecule has 2 saturated heterocycles. The number of alkyl halides is 1. The highest BCUT2D eigenvalue weighted by Crippen LogP contribution is 2.53. The van der Waals surface area contributed by atoms with Crippen molar-refractivity contribution >= 4 is 50.7 Å². The number of fused-ring (bicyclic) bond motifs is 7. The maximum absolute atomic E-state index is 15.9. The van der Waals surface area contributed by atoms with Crippen LogP contribution < -0.4 is 18.9 Å². The lowest BCUT2D eigenvalue weighted by atomic mass is 9.80. The molecule has 0 spiro atoms. The second-order valence-corrected chi connectivity index (χ2v) is 21.3. The summed E-state index contributed by atoms with van der Waals surface area (Å²) in [5.74, 6) is 0.0324. The van der Waals surface area contributed by atoms with Crippen LogP contribution in [0.2, 0.25) is 10.0 Å². The Morgan fingerprint density at radius 2 is 1.69 bits per heavy atom. The molecule has 3 atom stereocenters. The van der Waals surface area contributed by atoms with Crippen molar-refractivity contribution in [2.24, 2.45) is 0 Å². The molecule has 7 heterocycles. The standard InChI is InChI=1S/C54H58Cl2F2N6O9S.CH4/c1-31-43-32(2)47(56)48(46(31)55)72-39(24-64-18-16-63(3)17-19-64)28-70-38-8-9-41(71-25-37-12-15-59-50(62-37)34-10-13-54(58,14-11-34)29-68-27-40-26-67-20-21-69-40)35(22-38)23-42(53(65)66)73-51-45-44(43)49(74-52(45)61-30-60-51)33-4-6-36(57)7-5-33;/h4-9,12,15,22,30,34,39-40,42H,10-11,13-14,16-21,23-29H2,1-3H3,(H,65,66);1H4/t34?,39-,40-,42-,54?;/m1./s1. The highest BCUT2D eigenvalue weighted by molar-refractivity contribution is 7.22. The summed E-state index contributed by atoms with van der Waals surface area (Å²) < 4.78 is 73.5. The minimum Gasteiger partial charge on any atom is -0.490 e. The largest absolute Gasteiger partial charge is 0.490 e. The van der Waals surface area contributed by atoms with E-state index in [-0.39, 0.29) is 68.2 Å². The Morgan fingerprint density at radius 1 is 0.933 bits per heavy atom. The van der Waals surface area contributed by atoms with Crippen molar-refractivity contribution in [3.05, 3.63) is 105 Å². The number of thiophene rings is 1. The van der Waals surface area contributed by atoms with E-state index in [2.05, 4.69) is 31.8 Å². The number of halogens is 4. The lowest BCUT2D eigenvalue weighted by Gasteiger charge is -2.35. The number of rotatable bonds is 12. The van der Waals surface area contributed by atoms with Crippen LogP contribution in [0.1, 0.15) is 67.2 Å². The molecule has 15 nitrogen and oxygen atoms in total. The van der Waals surface area contributed by atoms with Gasteiger partial charge in [-0.25, -0.2) is 33.5 Å². The number of carboxylic acids is 1. The molecule has 1 saturated carbocycles. The molecular formula is C55H62Cl2F2N6O9S. The quantitative estimate of drug-likeness (QED) is 0.123. The molecule has 4 bridgehead atoms. The number of piperazine rings is 1. The van der Waals surface area contributed by atoms with Crippen molar-refractivity contribution in [1.29, 1.82) is 0 Å². The number of carboxylic acid groups (broad SMARTS) is 1. The van der Waals surface area contributed by atoms with Gasteiger partial charge in [0, 0.05) is 67.3 Å². The molecule has 1 aliphatic carbocycles. The van der Waals surface area contributed by atoms with Crippen molar-refractivity contribution in [1.82, 2.24) is 29.7 Å². The number of aromatic nitrogens is 4. The topological polar surface area (TPSA) is 160 Å². The van der Waals surface area contributed by atoms with Crippen LogP contribution in [-0.4, -0.2) is 144 Å². The van der Waals surface area contributed by atoms with Gasteiger partial charge in [0.15, 0.2) is 5.75 Å². The number of aliphatic carboxylic acids is 1. The maximum Gasteiger partial charge on any atom is 0.345 e. The van der Waals surface area contributed by atoms with Gasteiger partial charge in [-0.05, 0) is 105 Å². The molecule has 3 aromatic carbocycles. The first-order chi connectivity index (χ1) is 35.8. The van der Waals surface area contributed by atoms with E-state index in [1.807, 2.05) is 13.8 Å². The van der Waals surface area contributed by atoms with Gasteiger partial charge in [-0.1, -0.05) is 42.8 Å². The highest BCUT2D eigenvalue weighted by atomic mass is 35.5. The normalized spacial score (nSPS) is 22.6. The van der Waals surface area contributed by atoms with Crippen molar-refractivity contribution in [2.75, 3.05) is 79.4 Å². The summed E-state index contributed by atoms with van der Waals surface area (Å²) in [6.45, 7) is 9.57. The summed E-state index contributed by atoms with van der Waals surface area (Å²) in [6, 6.07) is 13.1. The van der Waals surface area contributed by atoms with Gasteiger partial charge in [-0.2, -0.15) is 0 Å². The lowest BCUT2D eigenvalue weighted by molar-refractivity contribution is -0.145. The van der Waals surface area contributed by atoms with E-state index in [0.717, 1.165) is 26.2 Å². The first-order valence-corrected chi connectivity index (χ1v) is 26.5. The molecule has 3 aromatic heterocycles. The van der Waals surface area contributed by atoms with Crippen molar-refractivity contribution in [2.45, 2.75) is 89.9 Å². The first kappa shape index (κ1) is 54.5. The van der Waals surface area contributed by atoms with Crippen LogP contribution in [0.4, 0.5) is 8.78 Å². The Bertz CT molecular complexity index is 2940. The van der Waals surface area contributed by atoms with E-state index in [1.54, 1.807) is 42.6 Å². The van der Waals surface area contributed by atoms with Crippen LogP contribution in [0, 0.1) is 19.7 Å². The third kappa shape index (κ3) is 12.4. The summed E-state index contributed by atoms with van der Waals surface area (Å²) in [4.78, 5) is 37.8. The zero-order chi connectivity index (χ0) is 51.5. The van der Waals surface area contributed by atoms with E-state index < -0.39 is 29.7 Å². The Kier molecular flexibility index (Phi) is 17.4. The van der Waals surface area contributed by atoms with Crippen LogP contribution >= 0.6 is 34.5 Å². The van der Waals surface area contributed by atoms with E-state index in [9.17, 15) is 14.3 Å². The smallest absolute Gasteiger partial charge is 0.345 e. The molecule has 400 valence electrons. The number of hydrogen-bond acceptors (Lipinski definition) is 15. The van der Waals surface area contributed by atoms with Gasteiger partial charge in [0.2, 0.25) is 12.0 Å². The van der Waals surface area contributed by atoms with Gasteiger partial charge in [0.25, 0.3) is 0 Å². The molecule has 20 heteroatoms. The number of carbonyl (C=O) groups is 1. The minimum atomic E-state index is -1.49. The van der Waals surface area contributed by atoms with Crippen molar-refractivity contribution in [3.8, 4) is 44.7 Å². The molecule has 0 unspecified atom stereocenters. The Labute approximate surface area is 449 Å². The fourth-order valence-electron chi connectivity index (χ4n) is 10.1. The predicted molar refractivity (Wildman–Crippen MR) is 283 cm³/mol. The van der Waals surface area contributed by atoms with Gasteiger partial charge < -0.3 is 43.2 Å². The van der Waals surface area contributed by atoms with Gasteiger partial charge in [0.1, 0.15) is 65.4 Å². The molecule has 5 aliphatic rings. The fourth-order valence-corrected chi connectivity index (χ4v) is 11.8. The van der Waals surface area contributed by atoms with Crippen LogP contribution in [-0.2, 0) is 32.0 Å². The summed E-state index contributed by atoms with van der Waals surface area (Å²) >= 11 is 16.0. The number of ether oxygens (including phenoxy) is 7. The van der Waals surface area contributed by atoms with Crippen molar-refractivity contribution in [3.63, 3.8) is 0 Å². The van der Waals surface area contributed by atoms with Gasteiger partial charge >= 0.3 is 5.97 Å². The number of benzene rings is 3. The Morgan fingerprint density at radius 3 is 2.41 bits per heavy atom. The molecule has 0 radical (unpaired) electrons. The molecule has 75 heavy (non-hydrogen) atoms. The van der Waals surface area contributed by atoms with Gasteiger partial charge in [-0.15, -0.1) is 11.3 Å². The summed E-state index contributed by atoms with van der Waals surface area (Å²) in [7, 11) is 2.10. The lowest BCUT2D eigenvalue weighted by Crippen LogP contribution is -2.49. The third-order valence-corrected chi connectivity index (χ3v) is 16.3. The molecule has 0 amide bonds.